The van der Waals surface area contributed by atoms with Gasteiger partial charge in [0.1, 0.15) is 0 Å². The maximum absolute atomic E-state index is 5.72. The van der Waals surface area contributed by atoms with Gasteiger partial charge in [0.15, 0.2) is 0 Å². The van der Waals surface area contributed by atoms with Gasteiger partial charge in [0.2, 0.25) is 0 Å². The Kier molecular flexibility index (Phi) is 13.7. The molecule has 0 aromatic carbocycles. The molecular formula is B19V. The fourth-order valence-electron chi connectivity index (χ4n) is 2.05. The second-order valence-corrected chi connectivity index (χ2v) is 4.81. The summed E-state index contributed by atoms with van der Waals surface area (Å²) in [5, 5.41) is 0. The molecule has 0 atom stereocenters. The predicted molar refractivity (Wildman–Crippen MR) is 109 cm³/mol. The first-order valence-electron chi connectivity index (χ1n) is 6.00. The van der Waals surface area contributed by atoms with Crippen molar-refractivity contribution in [2.75, 3.05) is 0 Å². The minimum Gasteiger partial charge on any atom is 0 e. The van der Waals surface area contributed by atoms with Gasteiger partial charge in [-0.25, -0.2) is 0 Å². The molecule has 22 radical (unpaired) electrons. The predicted octanol–water partition coefficient (Wildman–Crippen LogP) is -7.24. The second-order valence-electron chi connectivity index (χ2n) is 4.81. The number of rotatable bonds is 8. The molecule has 0 heterocycles. The molecule has 0 aliphatic carbocycles. The summed E-state index contributed by atoms with van der Waals surface area (Å²) in [6.45, 7) is 0. The zero-order chi connectivity index (χ0) is 15.3. The molecule has 20 heteroatoms. The van der Waals surface area contributed by atoms with Crippen LogP contribution in [0.25, 0.3) is 0 Å². The minimum absolute atomic E-state index is 0. The van der Waals surface area contributed by atoms with Crippen LogP contribution in [0.2, 0.25) is 0 Å². The molecule has 0 spiro atoms. The average Bonchev–Trinajstić information content (AvgIpc) is 2.20. The maximum atomic E-state index is 5.72. The van der Waals surface area contributed by atoms with Crippen LogP contribution in [0, 0.1) is 0 Å². The van der Waals surface area contributed by atoms with Crippen molar-refractivity contribution in [2.24, 2.45) is 0 Å². The van der Waals surface area contributed by atoms with E-state index in [4.69, 9.17) is 77.4 Å². The van der Waals surface area contributed by atoms with Crippen molar-refractivity contribution in [1.29, 1.82) is 0 Å². The van der Waals surface area contributed by atoms with E-state index in [-0.39, 0.29) is 18.6 Å². The van der Waals surface area contributed by atoms with Gasteiger partial charge in [-0.1, -0.05) is 0 Å². The first-order valence-corrected chi connectivity index (χ1v) is 6.00. The van der Waals surface area contributed by atoms with Crippen LogP contribution in [0.3, 0.4) is 0 Å². The molecule has 0 aliphatic rings. The van der Waals surface area contributed by atoms with Gasteiger partial charge in [-0.3, -0.25) is 0 Å². The fourth-order valence-corrected chi connectivity index (χ4v) is 2.05. The van der Waals surface area contributed by atoms with Crippen LogP contribution in [0.5, 0.6) is 0 Å². The van der Waals surface area contributed by atoms with E-state index in [2.05, 4.69) is 0 Å². The Hall–Kier alpha value is 1.82. The van der Waals surface area contributed by atoms with Crippen LogP contribution in [-0.2, 0) is 18.6 Å². The Morgan fingerprint density at radius 1 is 0.450 bits per heavy atom. The average molecular weight is 256 g/mol. The van der Waals surface area contributed by atoms with Crippen molar-refractivity contribution in [3.63, 3.8) is 0 Å². The Labute approximate surface area is 153 Å². The largest absolute Gasteiger partial charge is 0 e. The van der Waals surface area contributed by atoms with Crippen LogP contribution in [-0.4, -0.2) is 136 Å². The van der Waals surface area contributed by atoms with Crippen LogP contribution >= 0.6 is 0 Å². The zero-order valence-electron chi connectivity index (χ0n) is 11.4. The molecule has 0 aromatic heterocycles. The summed E-state index contributed by atoms with van der Waals surface area (Å²) < 4.78 is 0. The third-order valence-electron chi connectivity index (χ3n) is 3.11. The van der Waals surface area contributed by atoms with Crippen molar-refractivity contribution < 1.29 is 18.6 Å². The van der Waals surface area contributed by atoms with Gasteiger partial charge >= 0.3 is 0 Å². The maximum Gasteiger partial charge on any atom is 0 e. The molecule has 0 amide bonds. The van der Waals surface area contributed by atoms with E-state index in [1.165, 1.54) is 0 Å². The van der Waals surface area contributed by atoms with Crippen molar-refractivity contribution >= 4 is 136 Å². The molecule has 0 fully saturated rings. The molecule has 0 nitrogen and oxygen atoms in total. The summed E-state index contributed by atoms with van der Waals surface area (Å²) in [6.07, 6.45) is -5.56. The summed E-state index contributed by atoms with van der Waals surface area (Å²) in [4.78, 5) is 0. The molecule has 0 unspecified atom stereocenters. The van der Waals surface area contributed by atoms with E-state index in [9.17, 15) is 0 Å². The minimum atomic E-state index is -0.806. The topological polar surface area (TPSA) is 0 Å². The standard InChI is InChI=1S/B19.V/c1-12(2)17(13(3)4)11-18(14(5)6)19(15(7)8)16(9)10;. The second kappa shape index (κ2) is 11.4. The Morgan fingerprint density at radius 2 is 0.750 bits per heavy atom. The van der Waals surface area contributed by atoms with E-state index < -0.39 is 51.1 Å². The molecule has 0 rings (SSSR count). The molecule has 0 N–H and O–H groups in total. The number of hydrogen-bond acceptors (Lipinski definition) is 0. The van der Waals surface area contributed by atoms with Gasteiger partial charge in [-0.05, 0) is 0 Å². The van der Waals surface area contributed by atoms with Gasteiger partial charge in [0.05, 0.1) is 0 Å². The monoisotopic (exact) mass is 260 g/mol. The Bertz CT molecular complexity index is 212. The Balaban J connectivity index is 0. The van der Waals surface area contributed by atoms with Gasteiger partial charge in [-0.2, -0.15) is 0 Å². The molecule has 0 saturated carbocycles. The molecule has 0 bridgehead atoms. The molecular weight excluding hydrogens is 256 g/mol. The van der Waals surface area contributed by atoms with Crippen molar-refractivity contribution in [1.82, 2.24) is 0 Å². The zero-order valence-corrected chi connectivity index (χ0v) is 12.8. The van der Waals surface area contributed by atoms with E-state index >= 15 is 0 Å². The van der Waals surface area contributed by atoms with Crippen molar-refractivity contribution in [2.45, 2.75) is 0 Å². The summed E-state index contributed by atoms with van der Waals surface area (Å²) in [6, 6.07) is 0. The SMILES string of the molecule is [B]B([B])B([B]B(B([B])[B])B(B([B])[B])B([B])[B])B([B])[B].[V]. The van der Waals surface area contributed by atoms with Gasteiger partial charge in [0.25, 0.3) is 0 Å². The van der Waals surface area contributed by atoms with Gasteiger partial charge < -0.3 is 0 Å². The normalized spacial score (nSPS) is 8.60. The quantitative estimate of drug-likeness (QED) is 0.379. The molecule has 0 aliphatic heterocycles. The fraction of sp³-hybridized carbons (Fsp3) is 0. The van der Waals surface area contributed by atoms with E-state index in [1.807, 2.05) is 0 Å². The van der Waals surface area contributed by atoms with Crippen molar-refractivity contribution in [3.8, 4) is 0 Å². The van der Waals surface area contributed by atoms with Gasteiger partial charge in [0, 0.05) is 154 Å². The van der Waals surface area contributed by atoms with E-state index in [0.29, 0.717) is 0 Å². The third-order valence-corrected chi connectivity index (χ3v) is 3.11. The van der Waals surface area contributed by atoms with Crippen molar-refractivity contribution in [3.05, 3.63) is 0 Å². The van der Waals surface area contributed by atoms with Crippen LogP contribution < -0.4 is 0 Å². The van der Waals surface area contributed by atoms with Crippen LogP contribution in [0.15, 0.2) is 0 Å². The van der Waals surface area contributed by atoms with Crippen LogP contribution in [0.4, 0.5) is 0 Å². The van der Waals surface area contributed by atoms with Crippen LogP contribution in [0.1, 0.15) is 0 Å². The summed E-state index contributed by atoms with van der Waals surface area (Å²) in [7, 11) is 58.2. The first kappa shape index (κ1) is 24.1. The smallest absolute Gasteiger partial charge is 0 e. The third kappa shape index (κ3) is 7.89. The summed E-state index contributed by atoms with van der Waals surface area (Å²) >= 11 is 0. The molecule has 62 valence electrons. The Morgan fingerprint density at radius 3 is 0.950 bits per heavy atom. The molecule has 20 heavy (non-hydrogen) atoms. The first-order chi connectivity index (χ1) is 8.59. The molecule has 0 saturated heterocycles. The van der Waals surface area contributed by atoms with Gasteiger partial charge in [-0.15, -0.1) is 0 Å². The molecule has 0 aromatic rings. The summed E-state index contributed by atoms with van der Waals surface area (Å²) in [5.74, 6) is 0. The van der Waals surface area contributed by atoms with E-state index in [0.717, 1.165) is 0 Å². The number of hydrogen-bond donors (Lipinski definition) is 0. The van der Waals surface area contributed by atoms with E-state index in [1.54, 1.807) is 7.06 Å². The summed E-state index contributed by atoms with van der Waals surface area (Å²) in [5.41, 5.74) is 0.